The Balaban J connectivity index is 1.78. The highest BCUT2D eigenvalue weighted by Gasteiger charge is 2.16. The SMILES string of the molecule is COC(=O)c1cccc(NC(=NC[C@H]2CCCO2)NC(=O)c2cccc(OC)c2)c1. The lowest BCUT2D eigenvalue weighted by Gasteiger charge is -2.14. The van der Waals surface area contributed by atoms with E-state index in [4.69, 9.17) is 14.2 Å². The Morgan fingerprint density at radius 1 is 1.13 bits per heavy atom. The van der Waals surface area contributed by atoms with E-state index in [2.05, 4.69) is 15.6 Å². The molecule has 0 aromatic heterocycles. The Morgan fingerprint density at radius 2 is 1.93 bits per heavy atom. The van der Waals surface area contributed by atoms with Gasteiger partial charge in [-0.2, -0.15) is 0 Å². The predicted molar refractivity (Wildman–Crippen MR) is 113 cm³/mol. The Hall–Kier alpha value is -3.39. The Morgan fingerprint density at radius 3 is 2.67 bits per heavy atom. The van der Waals surface area contributed by atoms with E-state index in [-0.39, 0.29) is 18.0 Å². The zero-order chi connectivity index (χ0) is 21.3. The van der Waals surface area contributed by atoms with Crippen molar-refractivity contribution < 1.29 is 23.8 Å². The molecule has 8 heteroatoms. The van der Waals surface area contributed by atoms with E-state index in [1.165, 1.54) is 7.11 Å². The van der Waals surface area contributed by atoms with Gasteiger partial charge in [-0.25, -0.2) is 9.79 Å². The molecule has 2 N–H and O–H groups in total. The Bertz CT molecular complexity index is 922. The van der Waals surface area contributed by atoms with Crippen molar-refractivity contribution in [2.45, 2.75) is 18.9 Å². The summed E-state index contributed by atoms with van der Waals surface area (Å²) < 4.78 is 15.6. The smallest absolute Gasteiger partial charge is 0.337 e. The summed E-state index contributed by atoms with van der Waals surface area (Å²) in [4.78, 5) is 29.0. The first-order valence-electron chi connectivity index (χ1n) is 9.66. The monoisotopic (exact) mass is 411 g/mol. The average Bonchev–Trinajstić information content (AvgIpc) is 3.30. The molecule has 0 bridgehead atoms. The molecule has 1 fully saturated rings. The minimum atomic E-state index is -0.447. The third-order valence-electron chi connectivity index (χ3n) is 4.59. The van der Waals surface area contributed by atoms with Crippen molar-refractivity contribution in [1.29, 1.82) is 0 Å². The van der Waals surface area contributed by atoms with E-state index >= 15 is 0 Å². The zero-order valence-corrected chi connectivity index (χ0v) is 17.0. The zero-order valence-electron chi connectivity index (χ0n) is 17.0. The number of aliphatic imine (C=N–C) groups is 1. The third kappa shape index (κ3) is 5.81. The number of guanidine groups is 1. The lowest BCUT2D eigenvalue weighted by Crippen LogP contribution is -2.36. The summed E-state index contributed by atoms with van der Waals surface area (Å²) in [6.07, 6.45) is 1.95. The largest absolute Gasteiger partial charge is 0.497 e. The molecule has 3 rings (SSSR count). The van der Waals surface area contributed by atoms with E-state index < -0.39 is 5.97 Å². The molecule has 30 heavy (non-hydrogen) atoms. The van der Waals surface area contributed by atoms with E-state index in [0.29, 0.717) is 29.1 Å². The third-order valence-corrected chi connectivity index (χ3v) is 4.59. The number of hydrogen-bond donors (Lipinski definition) is 2. The summed E-state index contributed by atoms with van der Waals surface area (Å²) in [5, 5.41) is 5.87. The highest BCUT2D eigenvalue weighted by molar-refractivity contribution is 6.10. The van der Waals surface area contributed by atoms with Crippen molar-refractivity contribution in [2.24, 2.45) is 4.99 Å². The first-order valence-corrected chi connectivity index (χ1v) is 9.66. The van der Waals surface area contributed by atoms with Crippen LogP contribution in [0.2, 0.25) is 0 Å². The second-order valence-electron chi connectivity index (χ2n) is 6.71. The highest BCUT2D eigenvalue weighted by atomic mass is 16.5. The van der Waals surface area contributed by atoms with Crippen molar-refractivity contribution in [1.82, 2.24) is 5.32 Å². The topological polar surface area (TPSA) is 98.3 Å². The minimum Gasteiger partial charge on any atom is -0.497 e. The van der Waals surface area contributed by atoms with Crippen LogP contribution >= 0.6 is 0 Å². The summed E-state index contributed by atoms with van der Waals surface area (Å²) >= 11 is 0. The average molecular weight is 411 g/mol. The molecule has 2 aromatic rings. The van der Waals surface area contributed by atoms with E-state index in [1.54, 1.807) is 55.6 Å². The number of nitrogens with zero attached hydrogens (tertiary/aromatic N) is 1. The van der Waals surface area contributed by atoms with Crippen molar-refractivity contribution in [3.05, 3.63) is 59.7 Å². The lowest BCUT2D eigenvalue weighted by atomic mass is 10.2. The molecule has 158 valence electrons. The van der Waals surface area contributed by atoms with Crippen LogP contribution in [0.5, 0.6) is 5.75 Å². The van der Waals surface area contributed by atoms with Gasteiger partial charge in [-0.05, 0) is 49.2 Å². The number of anilines is 1. The molecule has 1 atom stereocenters. The van der Waals surface area contributed by atoms with Gasteiger partial charge in [0.1, 0.15) is 5.75 Å². The van der Waals surface area contributed by atoms with Gasteiger partial charge < -0.3 is 19.5 Å². The molecule has 1 aliphatic heterocycles. The van der Waals surface area contributed by atoms with Gasteiger partial charge in [-0.15, -0.1) is 0 Å². The number of benzene rings is 2. The second kappa shape index (κ2) is 10.4. The number of carbonyl (C=O) groups excluding carboxylic acids is 2. The van der Waals surface area contributed by atoms with Crippen LogP contribution in [0.15, 0.2) is 53.5 Å². The van der Waals surface area contributed by atoms with Crippen LogP contribution in [0, 0.1) is 0 Å². The number of rotatable bonds is 6. The Labute approximate surface area is 175 Å². The standard InChI is InChI=1S/C22H25N3O5/c1-28-18-9-4-6-15(13-18)20(26)25-22(23-14-19-10-5-11-30-19)24-17-8-3-7-16(12-17)21(27)29-2/h3-4,6-9,12-13,19H,5,10-11,14H2,1-2H3,(H2,23,24,25,26)/t19-/m1/s1. The van der Waals surface area contributed by atoms with Gasteiger partial charge in [0.05, 0.1) is 32.4 Å². The molecule has 1 amide bonds. The van der Waals surface area contributed by atoms with Crippen LogP contribution < -0.4 is 15.4 Å². The normalized spacial score (nSPS) is 16.1. The van der Waals surface area contributed by atoms with Gasteiger partial charge in [0.15, 0.2) is 0 Å². The first kappa shape index (κ1) is 21.3. The maximum Gasteiger partial charge on any atom is 0.337 e. The molecule has 2 aromatic carbocycles. The fourth-order valence-electron chi connectivity index (χ4n) is 3.01. The highest BCUT2D eigenvalue weighted by Crippen LogP contribution is 2.15. The predicted octanol–water partition coefficient (Wildman–Crippen LogP) is 2.86. The van der Waals surface area contributed by atoms with Gasteiger partial charge in [0, 0.05) is 17.9 Å². The van der Waals surface area contributed by atoms with Crippen LogP contribution in [0.3, 0.4) is 0 Å². The van der Waals surface area contributed by atoms with Crippen LogP contribution in [0.1, 0.15) is 33.6 Å². The van der Waals surface area contributed by atoms with Gasteiger partial charge >= 0.3 is 5.97 Å². The van der Waals surface area contributed by atoms with Gasteiger partial charge in [-0.3, -0.25) is 10.1 Å². The molecule has 1 saturated heterocycles. The summed E-state index contributed by atoms with van der Waals surface area (Å²) in [5.41, 5.74) is 1.42. The van der Waals surface area contributed by atoms with E-state index in [1.807, 2.05) is 0 Å². The number of nitrogens with one attached hydrogen (secondary N) is 2. The fraction of sp³-hybridized carbons (Fsp3) is 0.318. The summed E-state index contributed by atoms with van der Waals surface area (Å²) in [6.45, 7) is 1.14. The molecule has 0 aliphatic carbocycles. The van der Waals surface area contributed by atoms with Crippen LogP contribution in [0.4, 0.5) is 5.69 Å². The molecule has 0 spiro atoms. The summed E-state index contributed by atoms with van der Waals surface area (Å²) in [7, 11) is 2.87. The van der Waals surface area contributed by atoms with Gasteiger partial charge in [0.25, 0.3) is 5.91 Å². The van der Waals surface area contributed by atoms with Gasteiger partial charge in [0.2, 0.25) is 5.96 Å². The van der Waals surface area contributed by atoms with Crippen LogP contribution in [-0.4, -0.2) is 51.3 Å². The maximum atomic E-state index is 12.7. The number of amides is 1. The fourth-order valence-corrected chi connectivity index (χ4v) is 3.01. The molecule has 0 unspecified atom stereocenters. The van der Waals surface area contributed by atoms with Gasteiger partial charge in [-0.1, -0.05) is 12.1 Å². The molecule has 0 radical (unpaired) electrons. The molecule has 1 aliphatic rings. The molecule has 8 nitrogen and oxygen atoms in total. The van der Waals surface area contributed by atoms with Crippen molar-refractivity contribution in [3.8, 4) is 5.75 Å². The lowest BCUT2D eigenvalue weighted by molar-refractivity contribution is 0.0600. The quantitative estimate of drug-likeness (QED) is 0.431. The summed E-state index contributed by atoms with van der Waals surface area (Å²) in [6, 6.07) is 13.6. The van der Waals surface area contributed by atoms with E-state index in [0.717, 1.165) is 19.4 Å². The Kier molecular flexibility index (Phi) is 7.40. The minimum absolute atomic E-state index is 0.0249. The number of ether oxygens (including phenoxy) is 3. The van der Waals surface area contributed by atoms with E-state index in [9.17, 15) is 9.59 Å². The molecular weight excluding hydrogens is 386 g/mol. The maximum absolute atomic E-state index is 12.7. The number of hydrogen-bond acceptors (Lipinski definition) is 6. The molecule has 0 saturated carbocycles. The van der Waals surface area contributed by atoms with Crippen molar-refractivity contribution >= 4 is 23.5 Å². The van der Waals surface area contributed by atoms with Crippen molar-refractivity contribution in [3.63, 3.8) is 0 Å². The summed E-state index contributed by atoms with van der Waals surface area (Å²) in [5.74, 6) is 0.0630. The number of esters is 1. The number of carbonyl (C=O) groups is 2. The van der Waals surface area contributed by atoms with Crippen LogP contribution in [0.25, 0.3) is 0 Å². The van der Waals surface area contributed by atoms with Crippen LogP contribution in [-0.2, 0) is 9.47 Å². The second-order valence-corrected chi connectivity index (χ2v) is 6.71. The molecule has 1 heterocycles. The van der Waals surface area contributed by atoms with Crippen molar-refractivity contribution in [2.75, 3.05) is 32.7 Å². The molecular formula is C22H25N3O5. The first-order chi connectivity index (χ1) is 14.6. The number of methoxy groups -OCH3 is 2.